The van der Waals surface area contributed by atoms with E-state index in [0.29, 0.717) is 0 Å². The molecule has 2 fully saturated rings. The van der Waals surface area contributed by atoms with Crippen molar-refractivity contribution >= 4 is 0 Å². The van der Waals surface area contributed by atoms with E-state index in [-0.39, 0.29) is 6.10 Å². The molecule has 2 aliphatic rings. The molecular weight excluding hydrogens is 164 g/mol. The minimum absolute atomic E-state index is 0.286. The van der Waals surface area contributed by atoms with E-state index in [9.17, 15) is 0 Å². The number of piperidine rings is 1. The van der Waals surface area contributed by atoms with Gasteiger partial charge < -0.3 is 0 Å². The van der Waals surface area contributed by atoms with Crippen molar-refractivity contribution in [2.45, 2.75) is 50.7 Å². The fourth-order valence-electron chi connectivity index (χ4n) is 2.68. The first-order valence-corrected chi connectivity index (χ1v) is 5.50. The van der Waals surface area contributed by atoms with Gasteiger partial charge in [-0.15, -0.1) is 0 Å². The molecule has 13 heavy (non-hydrogen) atoms. The highest BCUT2D eigenvalue weighted by Gasteiger charge is 2.27. The van der Waals surface area contributed by atoms with Gasteiger partial charge in [0.15, 0.2) is 0 Å². The van der Waals surface area contributed by atoms with E-state index >= 15 is 0 Å². The molecule has 0 spiro atoms. The van der Waals surface area contributed by atoms with Gasteiger partial charge in [0.05, 0.1) is 6.10 Å². The van der Waals surface area contributed by atoms with Crippen LogP contribution in [0.25, 0.3) is 0 Å². The molecule has 0 radical (unpaired) electrons. The van der Waals surface area contributed by atoms with E-state index in [1.54, 1.807) is 0 Å². The average molecular weight is 184 g/mol. The van der Waals surface area contributed by atoms with Crippen LogP contribution in [0.2, 0.25) is 0 Å². The fourth-order valence-corrected chi connectivity index (χ4v) is 2.68. The number of nitrogens with zero attached hydrogens (tertiary/aromatic N) is 1. The summed E-state index contributed by atoms with van der Waals surface area (Å²) in [7, 11) is 0. The maximum Gasteiger partial charge on any atom is 0.0914 e. The average Bonchev–Trinajstić information content (AvgIpc) is 2.71. The van der Waals surface area contributed by atoms with Crippen LogP contribution in [0.3, 0.4) is 0 Å². The molecule has 0 aromatic carbocycles. The molecule has 1 unspecified atom stereocenters. The number of nitrogens with two attached hydrogens (primary N) is 1. The van der Waals surface area contributed by atoms with Crippen molar-refractivity contribution in [3.8, 4) is 0 Å². The molecule has 0 aromatic rings. The van der Waals surface area contributed by atoms with Crippen LogP contribution < -0.4 is 5.90 Å². The first-order valence-electron chi connectivity index (χ1n) is 5.50. The van der Waals surface area contributed by atoms with Crippen molar-refractivity contribution in [2.75, 3.05) is 13.1 Å². The summed E-state index contributed by atoms with van der Waals surface area (Å²) in [6.07, 6.45) is 8.27. The highest BCUT2D eigenvalue weighted by atomic mass is 16.6. The van der Waals surface area contributed by atoms with E-state index in [2.05, 4.69) is 4.90 Å². The van der Waals surface area contributed by atoms with Crippen molar-refractivity contribution in [1.29, 1.82) is 0 Å². The number of rotatable bonds is 2. The summed E-state index contributed by atoms with van der Waals surface area (Å²) in [5.74, 6) is 5.24. The summed E-state index contributed by atoms with van der Waals surface area (Å²) in [6.45, 7) is 2.31. The van der Waals surface area contributed by atoms with Crippen LogP contribution in [0.1, 0.15) is 38.5 Å². The van der Waals surface area contributed by atoms with E-state index in [1.807, 2.05) is 0 Å². The highest BCUT2D eigenvalue weighted by Crippen LogP contribution is 2.26. The Kier molecular flexibility index (Phi) is 3.19. The van der Waals surface area contributed by atoms with Crippen molar-refractivity contribution in [3.05, 3.63) is 0 Å². The second-order valence-electron chi connectivity index (χ2n) is 4.33. The lowest BCUT2D eigenvalue weighted by Crippen LogP contribution is -2.45. The van der Waals surface area contributed by atoms with Crippen molar-refractivity contribution in [2.24, 2.45) is 5.90 Å². The Morgan fingerprint density at radius 2 is 1.85 bits per heavy atom. The lowest BCUT2D eigenvalue weighted by atomic mass is 10.1. The smallest absolute Gasteiger partial charge is 0.0914 e. The highest BCUT2D eigenvalue weighted by molar-refractivity contribution is 4.82. The van der Waals surface area contributed by atoms with Gasteiger partial charge in [-0.05, 0) is 32.2 Å². The summed E-state index contributed by atoms with van der Waals surface area (Å²) < 4.78 is 0. The molecule has 1 saturated carbocycles. The Balaban J connectivity index is 1.84. The predicted octanol–water partition coefficient (Wildman–Crippen LogP) is 1.28. The monoisotopic (exact) mass is 184 g/mol. The van der Waals surface area contributed by atoms with Crippen LogP contribution in [0, 0.1) is 0 Å². The van der Waals surface area contributed by atoms with Crippen LogP contribution in [0.4, 0.5) is 0 Å². The summed E-state index contributed by atoms with van der Waals surface area (Å²) in [4.78, 5) is 7.52. The predicted molar refractivity (Wildman–Crippen MR) is 52.1 cm³/mol. The molecule has 3 heteroatoms. The normalized spacial score (nSPS) is 32.5. The maximum atomic E-state index is 5.24. The van der Waals surface area contributed by atoms with Gasteiger partial charge in [-0.1, -0.05) is 12.8 Å². The topological polar surface area (TPSA) is 38.5 Å². The molecular formula is C10H20N2O. The Bertz CT molecular complexity index is 157. The first-order chi connectivity index (χ1) is 6.40. The quantitative estimate of drug-likeness (QED) is 0.657. The molecule has 2 N–H and O–H groups in total. The molecule has 76 valence electrons. The van der Waals surface area contributed by atoms with E-state index in [1.165, 1.54) is 38.6 Å². The summed E-state index contributed by atoms with van der Waals surface area (Å²) in [5, 5.41) is 0. The molecule has 1 aliphatic heterocycles. The van der Waals surface area contributed by atoms with Crippen LogP contribution in [0.15, 0.2) is 0 Å². The Labute approximate surface area is 80.2 Å². The molecule has 0 aromatic heterocycles. The second kappa shape index (κ2) is 4.40. The molecule has 0 amide bonds. The Morgan fingerprint density at radius 1 is 1.08 bits per heavy atom. The fraction of sp³-hybridized carbons (Fsp3) is 1.00. The third kappa shape index (κ3) is 2.22. The van der Waals surface area contributed by atoms with Crippen molar-refractivity contribution < 1.29 is 4.84 Å². The lowest BCUT2D eigenvalue weighted by molar-refractivity contribution is -0.0131. The summed E-state index contributed by atoms with van der Waals surface area (Å²) in [6, 6.07) is 0.831. The van der Waals surface area contributed by atoms with Gasteiger partial charge in [0.1, 0.15) is 0 Å². The number of hydrogen-bond acceptors (Lipinski definition) is 3. The molecule has 1 atom stereocenters. The standard InChI is InChI=1S/C10H20N2O/c11-13-10-6-3-7-12(8-10)9-4-1-2-5-9/h9-10H,1-8,11H2. The maximum absolute atomic E-state index is 5.24. The summed E-state index contributed by atoms with van der Waals surface area (Å²) >= 11 is 0. The second-order valence-corrected chi connectivity index (χ2v) is 4.33. The number of hydrogen-bond donors (Lipinski definition) is 1. The minimum atomic E-state index is 0.286. The van der Waals surface area contributed by atoms with Crippen LogP contribution in [0.5, 0.6) is 0 Å². The van der Waals surface area contributed by atoms with Gasteiger partial charge in [0, 0.05) is 12.6 Å². The third-order valence-corrected chi connectivity index (χ3v) is 3.44. The first kappa shape index (κ1) is 9.44. The Morgan fingerprint density at radius 3 is 2.54 bits per heavy atom. The molecule has 1 heterocycles. The van der Waals surface area contributed by atoms with Gasteiger partial charge in [0.25, 0.3) is 0 Å². The lowest BCUT2D eigenvalue weighted by Gasteiger charge is -2.35. The van der Waals surface area contributed by atoms with Crippen LogP contribution >= 0.6 is 0 Å². The van der Waals surface area contributed by atoms with Crippen LogP contribution in [-0.4, -0.2) is 30.1 Å². The van der Waals surface area contributed by atoms with Crippen molar-refractivity contribution in [3.63, 3.8) is 0 Å². The van der Waals surface area contributed by atoms with E-state index in [0.717, 1.165) is 19.0 Å². The van der Waals surface area contributed by atoms with E-state index in [4.69, 9.17) is 10.7 Å². The molecule has 3 nitrogen and oxygen atoms in total. The molecule has 0 bridgehead atoms. The minimum Gasteiger partial charge on any atom is -0.300 e. The van der Waals surface area contributed by atoms with Gasteiger partial charge in [-0.3, -0.25) is 9.74 Å². The zero-order chi connectivity index (χ0) is 9.10. The largest absolute Gasteiger partial charge is 0.300 e. The molecule has 2 rings (SSSR count). The summed E-state index contributed by atoms with van der Waals surface area (Å²) in [5.41, 5.74) is 0. The third-order valence-electron chi connectivity index (χ3n) is 3.44. The van der Waals surface area contributed by atoms with E-state index < -0.39 is 0 Å². The Hall–Kier alpha value is -0.120. The SMILES string of the molecule is NOC1CCCN(C2CCCC2)C1. The number of likely N-dealkylation sites (tertiary alicyclic amines) is 1. The van der Waals surface area contributed by atoms with Crippen molar-refractivity contribution in [1.82, 2.24) is 4.90 Å². The van der Waals surface area contributed by atoms with Gasteiger partial charge >= 0.3 is 0 Å². The van der Waals surface area contributed by atoms with Gasteiger partial charge in [-0.25, -0.2) is 5.90 Å². The van der Waals surface area contributed by atoms with Gasteiger partial charge in [0.2, 0.25) is 0 Å². The zero-order valence-electron chi connectivity index (χ0n) is 8.24. The van der Waals surface area contributed by atoms with Gasteiger partial charge in [-0.2, -0.15) is 0 Å². The van der Waals surface area contributed by atoms with Crippen LogP contribution in [-0.2, 0) is 4.84 Å². The molecule has 1 saturated heterocycles. The zero-order valence-corrected chi connectivity index (χ0v) is 8.24. The molecule has 1 aliphatic carbocycles.